The van der Waals surface area contributed by atoms with Gasteiger partial charge in [0.25, 0.3) is 5.91 Å². The summed E-state index contributed by atoms with van der Waals surface area (Å²) in [5.41, 5.74) is 5.35. The molecule has 0 saturated carbocycles. The maximum Gasteiger partial charge on any atom is 0.335 e. The summed E-state index contributed by atoms with van der Waals surface area (Å²) in [5.74, 6) is -0.0367. The molecular formula is C30H34N2O3. The SMILES string of the molecule is Cc1cc(C(=O)O)ccc1N1CCC(c2ccc(C(=O)N(CC(C)C)c3ccccc3)cc2)CC1. The number of benzene rings is 3. The average Bonchev–Trinajstić information content (AvgIpc) is 2.87. The number of nitrogens with zero attached hydrogens (tertiary/aromatic N) is 2. The van der Waals surface area contributed by atoms with Crippen LogP contribution in [0.1, 0.15) is 64.4 Å². The minimum atomic E-state index is -0.892. The summed E-state index contributed by atoms with van der Waals surface area (Å²) in [6.45, 7) is 8.75. The van der Waals surface area contributed by atoms with Gasteiger partial charge in [-0.2, -0.15) is 0 Å². The van der Waals surface area contributed by atoms with E-state index in [0.29, 0.717) is 29.5 Å². The van der Waals surface area contributed by atoms with Crippen LogP contribution in [0.15, 0.2) is 72.8 Å². The second-order valence-corrected chi connectivity index (χ2v) is 9.83. The van der Waals surface area contributed by atoms with Crippen molar-refractivity contribution in [3.63, 3.8) is 0 Å². The molecule has 4 rings (SSSR count). The fraction of sp³-hybridized carbons (Fsp3) is 0.333. The van der Waals surface area contributed by atoms with Crippen molar-refractivity contribution in [1.82, 2.24) is 0 Å². The zero-order chi connectivity index (χ0) is 24.9. The lowest BCUT2D eigenvalue weighted by molar-refractivity contribution is 0.0696. The van der Waals surface area contributed by atoms with Crippen molar-refractivity contribution in [2.45, 2.75) is 39.5 Å². The highest BCUT2D eigenvalue weighted by Crippen LogP contribution is 2.32. The van der Waals surface area contributed by atoms with Crippen LogP contribution >= 0.6 is 0 Å². The van der Waals surface area contributed by atoms with Crippen LogP contribution in [0.5, 0.6) is 0 Å². The van der Waals surface area contributed by atoms with E-state index in [-0.39, 0.29) is 5.91 Å². The Morgan fingerprint density at radius 2 is 1.57 bits per heavy atom. The number of rotatable bonds is 7. The van der Waals surface area contributed by atoms with E-state index in [1.807, 2.05) is 60.4 Å². The molecule has 5 heteroatoms. The summed E-state index contributed by atoms with van der Waals surface area (Å²) in [6.07, 6.45) is 2.05. The normalized spacial score (nSPS) is 14.2. The van der Waals surface area contributed by atoms with Crippen molar-refractivity contribution in [3.05, 3.63) is 95.1 Å². The van der Waals surface area contributed by atoms with Crippen LogP contribution in [0.25, 0.3) is 0 Å². The van der Waals surface area contributed by atoms with Crippen molar-refractivity contribution >= 4 is 23.3 Å². The monoisotopic (exact) mass is 470 g/mol. The van der Waals surface area contributed by atoms with Gasteiger partial charge in [0.2, 0.25) is 0 Å². The molecule has 1 amide bonds. The molecule has 35 heavy (non-hydrogen) atoms. The molecule has 3 aromatic rings. The van der Waals surface area contributed by atoms with E-state index in [4.69, 9.17) is 0 Å². The van der Waals surface area contributed by atoms with Crippen LogP contribution in [0.2, 0.25) is 0 Å². The molecule has 0 atom stereocenters. The fourth-order valence-corrected chi connectivity index (χ4v) is 4.93. The summed E-state index contributed by atoms with van der Waals surface area (Å²) < 4.78 is 0. The molecule has 1 aliphatic rings. The number of aryl methyl sites for hydroxylation is 1. The number of piperidine rings is 1. The average molecular weight is 471 g/mol. The molecule has 1 saturated heterocycles. The highest BCUT2D eigenvalue weighted by molar-refractivity contribution is 6.06. The van der Waals surface area contributed by atoms with Gasteiger partial charge in [0.05, 0.1) is 5.56 Å². The standard InChI is InChI=1S/C30H34N2O3/c1-21(2)20-32(27-7-5-4-6-8-27)29(33)25-11-9-23(10-12-25)24-15-17-31(18-16-24)28-14-13-26(30(34)35)19-22(28)3/h4-14,19,21,24H,15-18,20H2,1-3H3,(H,34,35). The molecule has 0 unspecified atom stereocenters. The van der Waals surface area contributed by atoms with Crippen molar-refractivity contribution < 1.29 is 14.7 Å². The molecule has 1 aliphatic heterocycles. The third-order valence-corrected chi connectivity index (χ3v) is 6.77. The highest BCUT2D eigenvalue weighted by atomic mass is 16.4. The number of aromatic carboxylic acids is 1. The molecule has 5 nitrogen and oxygen atoms in total. The van der Waals surface area contributed by atoms with Crippen LogP contribution in [0, 0.1) is 12.8 Å². The number of anilines is 2. The molecule has 0 aliphatic carbocycles. The zero-order valence-corrected chi connectivity index (χ0v) is 20.8. The minimum absolute atomic E-state index is 0.0338. The zero-order valence-electron chi connectivity index (χ0n) is 20.8. The number of para-hydroxylation sites is 1. The van der Waals surface area contributed by atoms with Gasteiger partial charge in [0.1, 0.15) is 0 Å². The molecule has 0 aromatic heterocycles. The number of hydrogen-bond donors (Lipinski definition) is 1. The summed E-state index contributed by atoms with van der Waals surface area (Å²) in [6, 6.07) is 23.4. The van der Waals surface area contributed by atoms with Gasteiger partial charge in [-0.05, 0) is 85.2 Å². The first-order valence-electron chi connectivity index (χ1n) is 12.4. The van der Waals surface area contributed by atoms with Crippen LogP contribution in [-0.4, -0.2) is 36.6 Å². The number of carbonyl (C=O) groups is 2. The van der Waals surface area contributed by atoms with E-state index in [0.717, 1.165) is 42.9 Å². The third kappa shape index (κ3) is 5.73. The number of carboxylic acids is 1. The second kappa shape index (κ2) is 10.8. The molecule has 0 spiro atoms. The number of amides is 1. The summed E-state index contributed by atoms with van der Waals surface area (Å²) in [4.78, 5) is 28.8. The predicted molar refractivity (Wildman–Crippen MR) is 142 cm³/mol. The van der Waals surface area contributed by atoms with Crippen LogP contribution < -0.4 is 9.80 Å². The van der Waals surface area contributed by atoms with E-state index < -0.39 is 5.97 Å². The van der Waals surface area contributed by atoms with Crippen molar-refractivity contribution in [2.75, 3.05) is 29.4 Å². The predicted octanol–water partition coefficient (Wildman–Crippen LogP) is 6.38. The van der Waals surface area contributed by atoms with Gasteiger partial charge in [-0.1, -0.05) is 44.2 Å². The lowest BCUT2D eigenvalue weighted by Gasteiger charge is -2.35. The first-order valence-corrected chi connectivity index (χ1v) is 12.4. The van der Waals surface area contributed by atoms with Crippen LogP contribution in [0.4, 0.5) is 11.4 Å². The topological polar surface area (TPSA) is 60.9 Å². The van der Waals surface area contributed by atoms with E-state index in [2.05, 4.69) is 30.9 Å². The largest absolute Gasteiger partial charge is 0.478 e. The van der Waals surface area contributed by atoms with Crippen LogP contribution in [0.3, 0.4) is 0 Å². The van der Waals surface area contributed by atoms with E-state index in [1.54, 1.807) is 12.1 Å². The number of carbonyl (C=O) groups excluding carboxylic acids is 1. The Hall–Kier alpha value is -3.60. The van der Waals surface area contributed by atoms with E-state index in [9.17, 15) is 14.7 Å². The fourth-order valence-electron chi connectivity index (χ4n) is 4.93. The Morgan fingerprint density at radius 1 is 0.943 bits per heavy atom. The quantitative estimate of drug-likeness (QED) is 0.435. The molecular weight excluding hydrogens is 436 g/mol. The van der Waals surface area contributed by atoms with E-state index >= 15 is 0 Å². The van der Waals surface area contributed by atoms with Crippen molar-refractivity contribution in [1.29, 1.82) is 0 Å². The van der Waals surface area contributed by atoms with Gasteiger partial charge in [-0.3, -0.25) is 4.79 Å². The number of hydrogen-bond acceptors (Lipinski definition) is 3. The molecule has 1 heterocycles. The lowest BCUT2D eigenvalue weighted by Crippen LogP contribution is -2.34. The molecule has 1 N–H and O–H groups in total. The Morgan fingerprint density at radius 3 is 2.14 bits per heavy atom. The maximum atomic E-state index is 13.3. The first-order chi connectivity index (χ1) is 16.8. The lowest BCUT2D eigenvalue weighted by atomic mass is 9.88. The van der Waals surface area contributed by atoms with Gasteiger partial charge in [-0.25, -0.2) is 4.79 Å². The third-order valence-electron chi connectivity index (χ3n) is 6.77. The number of carboxylic acid groups (broad SMARTS) is 1. The molecule has 3 aromatic carbocycles. The van der Waals surface area contributed by atoms with Gasteiger partial charge in [0.15, 0.2) is 0 Å². The van der Waals surface area contributed by atoms with Crippen molar-refractivity contribution in [3.8, 4) is 0 Å². The molecule has 1 fully saturated rings. The Bertz CT molecular complexity index is 1160. The van der Waals surface area contributed by atoms with Gasteiger partial charge in [0, 0.05) is 36.6 Å². The van der Waals surface area contributed by atoms with E-state index in [1.165, 1.54) is 5.56 Å². The first kappa shape index (κ1) is 24.5. The summed E-state index contributed by atoms with van der Waals surface area (Å²) >= 11 is 0. The molecule has 0 radical (unpaired) electrons. The van der Waals surface area contributed by atoms with Gasteiger partial charge >= 0.3 is 5.97 Å². The Kier molecular flexibility index (Phi) is 7.54. The smallest absolute Gasteiger partial charge is 0.335 e. The second-order valence-electron chi connectivity index (χ2n) is 9.83. The summed E-state index contributed by atoms with van der Waals surface area (Å²) in [5, 5.41) is 9.21. The maximum absolute atomic E-state index is 13.3. The Balaban J connectivity index is 1.42. The van der Waals surface area contributed by atoms with Gasteiger partial charge in [-0.15, -0.1) is 0 Å². The van der Waals surface area contributed by atoms with Crippen LogP contribution in [-0.2, 0) is 0 Å². The minimum Gasteiger partial charge on any atom is -0.478 e. The Labute approximate surface area is 208 Å². The van der Waals surface area contributed by atoms with Gasteiger partial charge < -0.3 is 14.9 Å². The molecule has 182 valence electrons. The summed E-state index contributed by atoms with van der Waals surface area (Å²) in [7, 11) is 0. The highest BCUT2D eigenvalue weighted by Gasteiger charge is 2.23. The molecule has 0 bridgehead atoms. The van der Waals surface area contributed by atoms with Crippen molar-refractivity contribution in [2.24, 2.45) is 5.92 Å².